The molecule has 0 fully saturated rings. The lowest BCUT2D eigenvalue weighted by molar-refractivity contribution is 0.770. The Hall–Kier alpha value is -1.77. The Kier molecular flexibility index (Phi) is 4.03. The highest BCUT2D eigenvalue weighted by Gasteiger charge is 2.06. The monoisotopic (exact) mass is 243 g/mol. The first-order valence-corrected chi connectivity index (χ1v) is 6.63. The molecule has 96 valence electrons. The Balaban J connectivity index is 2.27. The summed E-state index contributed by atoms with van der Waals surface area (Å²) in [6.45, 7) is 7.28. The third-order valence-electron chi connectivity index (χ3n) is 3.02. The molecular weight excluding hydrogens is 222 g/mol. The van der Waals surface area contributed by atoms with E-state index in [1.807, 2.05) is 6.92 Å². The van der Waals surface area contributed by atoms with Gasteiger partial charge in [-0.25, -0.2) is 4.98 Å². The first-order chi connectivity index (χ1) is 8.74. The topological polar surface area (TPSA) is 29.9 Å². The molecule has 0 radical (unpaired) electrons. The fraction of sp³-hybridized carbons (Fsp3) is 0.400. The molecule has 0 unspecified atom stereocenters. The van der Waals surface area contributed by atoms with Crippen LogP contribution in [0.3, 0.4) is 0 Å². The van der Waals surface area contributed by atoms with Crippen molar-refractivity contribution < 1.29 is 0 Å². The molecule has 0 aliphatic rings. The number of nitrogens with zero attached hydrogens (tertiary/aromatic N) is 2. The molecule has 2 rings (SSSR count). The molecule has 0 spiro atoms. The molecule has 0 atom stereocenters. The highest BCUT2D eigenvalue weighted by molar-refractivity contribution is 5.59. The fourth-order valence-corrected chi connectivity index (χ4v) is 2.14. The Morgan fingerprint density at radius 1 is 1.22 bits per heavy atom. The highest BCUT2D eigenvalue weighted by atomic mass is 15.2. The molecule has 0 saturated carbocycles. The summed E-state index contributed by atoms with van der Waals surface area (Å²) >= 11 is 0. The molecule has 18 heavy (non-hydrogen) atoms. The van der Waals surface area contributed by atoms with Crippen LogP contribution in [0.2, 0.25) is 0 Å². The van der Waals surface area contributed by atoms with Crippen LogP contribution in [-0.2, 0) is 13.0 Å². The number of hydrogen-bond donors (Lipinski definition) is 1. The number of nitrogens with one attached hydrogen (secondary N) is 1. The van der Waals surface area contributed by atoms with E-state index in [1.54, 1.807) is 0 Å². The number of benzene rings is 1. The summed E-state index contributed by atoms with van der Waals surface area (Å²) in [7, 11) is 0. The van der Waals surface area contributed by atoms with Gasteiger partial charge in [0, 0.05) is 18.4 Å². The summed E-state index contributed by atoms with van der Waals surface area (Å²) in [5, 5.41) is 3.45. The Morgan fingerprint density at radius 2 is 2.00 bits per heavy atom. The van der Waals surface area contributed by atoms with E-state index >= 15 is 0 Å². The van der Waals surface area contributed by atoms with Gasteiger partial charge >= 0.3 is 0 Å². The third kappa shape index (κ3) is 2.73. The number of rotatable bonds is 5. The minimum absolute atomic E-state index is 0.929. The van der Waals surface area contributed by atoms with Crippen molar-refractivity contribution in [2.45, 2.75) is 40.2 Å². The summed E-state index contributed by atoms with van der Waals surface area (Å²) in [4.78, 5) is 4.53. The van der Waals surface area contributed by atoms with Crippen LogP contribution in [0.15, 0.2) is 30.5 Å². The molecule has 1 heterocycles. The molecular formula is C15H21N3. The highest BCUT2D eigenvalue weighted by Crippen LogP contribution is 2.21. The number of para-hydroxylation sites is 1. The molecule has 0 aliphatic heterocycles. The number of hydrogen-bond acceptors (Lipinski definition) is 2. The molecule has 1 aromatic carbocycles. The smallest absolute Gasteiger partial charge is 0.207 e. The van der Waals surface area contributed by atoms with Crippen LogP contribution in [0.25, 0.3) is 0 Å². The standard InChI is InChI=1S/C15H21N3/c1-4-8-13-9-6-7-10-14(13)17-15-16-12(3)11-18(15)5-2/h6-7,9-11H,4-5,8H2,1-3H3,(H,16,17). The maximum absolute atomic E-state index is 4.53. The van der Waals surface area contributed by atoms with Gasteiger partial charge in [-0.05, 0) is 31.9 Å². The predicted molar refractivity (Wildman–Crippen MR) is 76.4 cm³/mol. The SMILES string of the molecule is CCCc1ccccc1Nc1nc(C)cn1CC. The first-order valence-electron chi connectivity index (χ1n) is 6.63. The Morgan fingerprint density at radius 3 is 2.72 bits per heavy atom. The van der Waals surface area contributed by atoms with Crippen LogP contribution in [0.1, 0.15) is 31.5 Å². The Bertz CT molecular complexity index is 514. The van der Waals surface area contributed by atoms with E-state index in [0.717, 1.165) is 31.0 Å². The zero-order valence-corrected chi connectivity index (χ0v) is 11.4. The summed E-state index contributed by atoms with van der Waals surface area (Å²) in [5.41, 5.74) is 3.57. The normalized spacial score (nSPS) is 10.6. The minimum Gasteiger partial charge on any atom is -0.325 e. The van der Waals surface area contributed by atoms with Gasteiger partial charge in [0.25, 0.3) is 0 Å². The van der Waals surface area contributed by atoms with Crippen LogP contribution in [-0.4, -0.2) is 9.55 Å². The van der Waals surface area contributed by atoms with Gasteiger partial charge < -0.3 is 9.88 Å². The molecule has 2 aromatic rings. The van der Waals surface area contributed by atoms with Gasteiger partial charge in [-0.2, -0.15) is 0 Å². The quantitative estimate of drug-likeness (QED) is 0.863. The molecule has 1 N–H and O–H groups in total. The number of anilines is 2. The molecule has 0 amide bonds. The zero-order valence-electron chi connectivity index (χ0n) is 11.4. The number of aryl methyl sites for hydroxylation is 3. The van der Waals surface area contributed by atoms with Gasteiger partial charge in [0.1, 0.15) is 0 Å². The summed E-state index contributed by atoms with van der Waals surface area (Å²) in [6.07, 6.45) is 4.32. The lowest BCUT2D eigenvalue weighted by Crippen LogP contribution is -2.03. The van der Waals surface area contributed by atoms with Crippen LogP contribution in [0.4, 0.5) is 11.6 Å². The van der Waals surface area contributed by atoms with E-state index in [1.165, 1.54) is 11.3 Å². The van der Waals surface area contributed by atoms with E-state index in [2.05, 4.69) is 59.2 Å². The van der Waals surface area contributed by atoms with Gasteiger partial charge in [0.15, 0.2) is 0 Å². The lowest BCUT2D eigenvalue weighted by atomic mass is 10.1. The van der Waals surface area contributed by atoms with Crippen molar-refractivity contribution in [3.63, 3.8) is 0 Å². The predicted octanol–water partition coefficient (Wildman–Crippen LogP) is 3.91. The second kappa shape index (κ2) is 5.71. The molecule has 0 saturated heterocycles. The van der Waals surface area contributed by atoms with E-state index < -0.39 is 0 Å². The van der Waals surface area contributed by atoms with Gasteiger partial charge in [-0.15, -0.1) is 0 Å². The van der Waals surface area contributed by atoms with Crippen molar-refractivity contribution in [2.24, 2.45) is 0 Å². The minimum atomic E-state index is 0.929. The van der Waals surface area contributed by atoms with Crippen LogP contribution in [0.5, 0.6) is 0 Å². The zero-order chi connectivity index (χ0) is 13.0. The van der Waals surface area contributed by atoms with Gasteiger partial charge in [-0.1, -0.05) is 31.5 Å². The van der Waals surface area contributed by atoms with Crippen molar-refractivity contribution in [1.82, 2.24) is 9.55 Å². The third-order valence-corrected chi connectivity index (χ3v) is 3.02. The van der Waals surface area contributed by atoms with Crippen molar-refractivity contribution in [3.05, 3.63) is 41.7 Å². The fourth-order valence-electron chi connectivity index (χ4n) is 2.14. The Labute approximate surface area is 109 Å². The molecule has 0 bridgehead atoms. The van der Waals surface area contributed by atoms with Crippen LogP contribution in [0, 0.1) is 6.92 Å². The van der Waals surface area contributed by atoms with Crippen molar-refractivity contribution in [3.8, 4) is 0 Å². The number of aromatic nitrogens is 2. The summed E-state index contributed by atoms with van der Waals surface area (Å²) in [6, 6.07) is 8.45. The van der Waals surface area contributed by atoms with Crippen LogP contribution < -0.4 is 5.32 Å². The average molecular weight is 243 g/mol. The van der Waals surface area contributed by atoms with E-state index in [9.17, 15) is 0 Å². The molecule has 3 nitrogen and oxygen atoms in total. The molecule has 0 aliphatic carbocycles. The second-order valence-electron chi connectivity index (χ2n) is 4.52. The van der Waals surface area contributed by atoms with Gasteiger partial charge in [0.2, 0.25) is 5.95 Å². The van der Waals surface area contributed by atoms with E-state index in [0.29, 0.717) is 0 Å². The van der Waals surface area contributed by atoms with E-state index in [4.69, 9.17) is 0 Å². The van der Waals surface area contributed by atoms with Crippen molar-refractivity contribution in [1.29, 1.82) is 0 Å². The van der Waals surface area contributed by atoms with E-state index in [-0.39, 0.29) is 0 Å². The van der Waals surface area contributed by atoms with Gasteiger partial charge in [0.05, 0.1) is 5.69 Å². The molecule has 1 aromatic heterocycles. The number of imidazole rings is 1. The summed E-state index contributed by atoms with van der Waals surface area (Å²) in [5.74, 6) is 0.929. The van der Waals surface area contributed by atoms with Crippen LogP contribution >= 0.6 is 0 Å². The largest absolute Gasteiger partial charge is 0.325 e. The molecule has 3 heteroatoms. The maximum Gasteiger partial charge on any atom is 0.207 e. The average Bonchev–Trinajstić information content (AvgIpc) is 2.72. The summed E-state index contributed by atoms with van der Waals surface area (Å²) < 4.78 is 2.14. The maximum atomic E-state index is 4.53. The van der Waals surface area contributed by atoms with Crippen molar-refractivity contribution in [2.75, 3.05) is 5.32 Å². The lowest BCUT2D eigenvalue weighted by Gasteiger charge is -2.11. The first kappa shape index (κ1) is 12.7. The van der Waals surface area contributed by atoms with Crippen molar-refractivity contribution >= 4 is 11.6 Å². The second-order valence-corrected chi connectivity index (χ2v) is 4.52. The van der Waals surface area contributed by atoms with Gasteiger partial charge in [-0.3, -0.25) is 0 Å².